The van der Waals surface area contributed by atoms with Crippen LogP contribution in [0.2, 0.25) is 0 Å². The van der Waals surface area contributed by atoms with E-state index < -0.39 is 10.0 Å². The monoisotopic (exact) mass is 301 g/mol. The van der Waals surface area contributed by atoms with Gasteiger partial charge in [0, 0.05) is 31.0 Å². The fraction of sp³-hybridized carbons (Fsp3) is 0.714. The minimum atomic E-state index is -3.40. The summed E-state index contributed by atoms with van der Waals surface area (Å²) in [4.78, 5) is 3.36. The molecule has 6 heteroatoms. The topological polar surface area (TPSA) is 65.2 Å². The Morgan fingerprint density at radius 3 is 2.60 bits per heavy atom. The fourth-order valence-electron chi connectivity index (χ4n) is 2.17. The summed E-state index contributed by atoms with van der Waals surface area (Å²) in [5.74, 6) is 0. The first-order valence-electron chi connectivity index (χ1n) is 7.27. The van der Waals surface area contributed by atoms with Gasteiger partial charge in [0.2, 0.25) is 10.0 Å². The molecule has 116 valence electrons. The predicted octanol–water partition coefficient (Wildman–Crippen LogP) is 2.32. The zero-order valence-electron chi connectivity index (χ0n) is 12.9. The summed E-state index contributed by atoms with van der Waals surface area (Å²) in [5, 5.41) is 3.00. The molecule has 2 N–H and O–H groups in total. The molecule has 0 fully saturated rings. The van der Waals surface area contributed by atoms with Crippen molar-refractivity contribution in [3.8, 4) is 0 Å². The number of rotatable bonds is 9. The van der Waals surface area contributed by atoms with Crippen molar-refractivity contribution >= 4 is 10.0 Å². The van der Waals surface area contributed by atoms with Crippen LogP contribution in [0.3, 0.4) is 0 Å². The van der Waals surface area contributed by atoms with E-state index in [4.69, 9.17) is 0 Å². The van der Waals surface area contributed by atoms with Crippen molar-refractivity contribution in [2.24, 2.45) is 0 Å². The van der Waals surface area contributed by atoms with E-state index in [1.54, 1.807) is 16.6 Å². The van der Waals surface area contributed by atoms with Gasteiger partial charge in [0.15, 0.2) is 0 Å². The van der Waals surface area contributed by atoms with Gasteiger partial charge in [0.05, 0.1) is 4.90 Å². The van der Waals surface area contributed by atoms with Gasteiger partial charge < -0.3 is 10.3 Å². The lowest BCUT2D eigenvalue weighted by Crippen LogP contribution is -2.37. The SMILES string of the molecule is CCCCCN(C(C)C)S(=O)(=O)c1c[nH]c(CNC)c1. The zero-order valence-corrected chi connectivity index (χ0v) is 13.8. The Morgan fingerprint density at radius 2 is 2.05 bits per heavy atom. The number of nitrogens with zero attached hydrogens (tertiary/aromatic N) is 1. The van der Waals surface area contributed by atoms with Crippen LogP contribution in [0, 0.1) is 0 Å². The van der Waals surface area contributed by atoms with Crippen LogP contribution in [0.4, 0.5) is 0 Å². The van der Waals surface area contributed by atoms with Gasteiger partial charge in [-0.1, -0.05) is 19.8 Å². The van der Waals surface area contributed by atoms with E-state index in [-0.39, 0.29) is 6.04 Å². The number of aromatic amines is 1. The number of sulfonamides is 1. The highest BCUT2D eigenvalue weighted by molar-refractivity contribution is 7.89. The molecule has 0 unspecified atom stereocenters. The summed E-state index contributed by atoms with van der Waals surface area (Å²) >= 11 is 0. The Bertz CT molecular complexity index is 494. The van der Waals surface area contributed by atoms with E-state index in [2.05, 4.69) is 17.2 Å². The molecule has 0 bridgehead atoms. The Labute approximate surface area is 122 Å². The molecule has 0 aliphatic rings. The maximum Gasteiger partial charge on any atom is 0.244 e. The number of nitrogens with one attached hydrogen (secondary N) is 2. The first-order valence-corrected chi connectivity index (χ1v) is 8.71. The van der Waals surface area contributed by atoms with Gasteiger partial charge in [0.1, 0.15) is 0 Å². The highest BCUT2D eigenvalue weighted by atomic mass is 32.2. The van der Waals surface area contributed by atoms with Crippen LogP contribution in [0.5, 0.6) is 0 Å². The average Bonchev–Trinajstić information content (AvgIpc) is 2.83. The van der Waals surface area contributed by atoms with Crippen molar-refractivity contribution < 1.29 is 8.42 Å². The fourth-order valence-corrected chi connectivity index (χ4v) is 3.86. The molecule has 0 aliphatic carbocycles. The van der Waals surface area contributed by atoms with Gasteiger partial charge in [-0.05, 0) is 33.4 Å². The molecule has 0 amide bonds. The highest BCUT2D eigenvalue weighted by Gasteiger charge is 2.27. The van der Waals surface area contributed by atoms with Gasteiger partial charge in [-0.25, -0.2) is 8.42 Å². The van der Waals surface area contributed by atoms with E-state index in [1.165, 1.54) is 0 Å². The number of unbranched alkanes of at least 4 members (excludes halogenated alkanes) is 2. The van der Waals surface area contributed by atoms with E-state index in [1.807, 2.05) is 20.9 Å². The van der Waals surface area contributed by atoms with E-state index in [0.717, 1.165) is 25.0 Å². The van der Waals surface area contributed by atoms with Gasteiger partial charge >= 0.3 is 0 Å². The van der Waals surface area contributed by atoms with E-state index in [9.17, 15) is 8.42 Å². The molecule has 1 heterocycles. The normalized spacial score (nSPS) is 12.5. The van der Waals surface area contributed by atoms with Crippen LogP contribution in [0.1, 0.15) is 45.7 Å². The lowest BCUT2D eigenvalue weighted by Gasteiger charge is -2.25. The molecule has 1 aromatic heterocycles. The quantitative estimate of drug-likeness (QED) is 0.688. The highest BCUT2D eigenvalue weighted by Crippen LogP contribution is 2.20. The standard InChI is InChI=1S/C14H27N3O2S/c1-5-6-7-8-17(12(2)3)20(18,19)14-9-13(10-15-4)16-11-14/h9,11-12,15-16H,5-8,10H2,1-4H3. The smallest absolute Gasteiger partial charge is 0.244 e. The molecule has 0 saturated carbocycles. The van der Waals surface area contributed by atoms with Crippen molar-refractivity contribution in [2.45, 2.75) is 57.5 Å². The third-order valence-electron chi connectivity index (χ3n) is 3.25. The van der Waals surface area contributed by atoms with Crippen molar-refractivity contribution in [2.75, 3.05) is 13.6 Å². The van der Waals surface area contributed by atoms with Crippen LogP contribution in [-0.2, 0) is 16.6 Å². The van der Waals surface area contributed by atoms with Crippen molar-refractivity contribution in [3.05, 3.63) is 18.0 Å². The van der Waals surface area contributed by atoms with Gasteiger partial charge in [-0.2, -0.15) is 4.31 Å². The number of aromatic nitrogens is 1. The zero-order chi connectivity index (χ0) is 15.2. The first kappa shape index (κ1) is 17.2. The molecule has 1 rings (SSSR count). The lowest BCUT2D eigenvalue weighted by atomic mass is 10.2. The third kappa shape index (κ3) is 4.33. The molecule has 20 heavy (non-hydrogen) atoms. The summed E-state index contributed by atoms with van der Waals surface area (Å²) in [7, 11) is -1.57. The number of hydrogen-bond acceptors (Lipinski definition) is 3. The second-order valence-electron chi connectivity index (χ2n) is 5.31. The maximum absolute atomic E-state index is 12.7. The van der Waals surface area contributed by atoms with E-state index in [0.29, 0.717) is 18.0 Å². The molecule has 0 radical (unpaired) electrons. The Morgan fingerprint density at radius 1 is 1.35 bits per heavy atom. The summed E-state index contributed by atoms with van der Waals surface area (Å²) < 4.78 is 26.9. The third-order valence-corrected chi connectivity index (χ3v) is 5.30. The van der Waals surface area contributed by atoms with Crippen molar-refractivity contribution in [1.82, 2.24) is 14.6 Å². The molecule has 0 aliphatic heterocycles. The Hall–Kier alpha value is -0.850. The molecule has 0 spiro atoms. The van der Waals surface area contributed by atoms with Gasteiger partial charge in [0.25, 0.3) is 0 Å². The number of hydrogen-bond donors (Lipinski definition) is 2. The van der Waals surface area contributed by atoms with Gasteiger partial charge in [-0.3, -0.25) is 0 Å². The molecule has 0 atom stereocenters. The largest absolute Gasteiger partial charge is 0.363 e. The van der Waals surface area contributed by atoms with Crippen LogP contribution in [-0.4, -0.2) is 37.3 Å². The van der Waals surface area contributed by atoms with Gasteiger partial charge in [-0.15, -0.1) is 0 Å². The van der Waals surface area contributed by atoms with Crippen LogP contribution in [0.15, 0.2) is 17.2 Å². The molecule has 1 aromatic rings. The molecule has 5 nitrogen and oxygen atoms in total. The first-order chi connectivity index (χ1) is 9.43. The van der Waals surface area contributed by atoms with Crippen LogP contribution >= 0.6 is 0 Å². The Balaban J connectivity index is 2.90. The van der Waals surface area contributed by atoms with Crippen LogP contribution in [0.25, 0.3) is 0 Å². The minimum Gasteiger partial charge on any atom is -0.363 e. The summed E-state index contributed by atoms with van der Waals surface area (Å²) in [6, 6.07) is 1.68. The predicted molar refractivity (Wildman–Crippen MR) is 82.1 cm³/mol. The van der Waals surface area contributed by atoms with Crippen molar-refractivity contribution in [1.29, 1.82) is 0 Å². The van der Waals surface area contributed by atoms with E-state index >= 15 is 0 Å². The summed E-state index contributed by atoms with van der Waals surface area (Å²) in [6.07, 6.45) is 4.62. The second kappa shape index (κ2) is 7.81. The number of H-pyrrole nitrogens is 1. The minimum absolute atomic E-state index is 0.0282. The molecule has 0 saturated heterocycles. The molecule has 0 aromatic carbocycles. The Kier molecular flexibility index (Phi) is 6.71. The van der Waals surface area contributed by atoms with Crippen LogP contribution < -0.4 is 5.32 Å². The average molecular weight is 301 g/mol. The summed E-state index contributed by atoms with van der Waals surface area (Å²) in [5.41, 5.74) is 0.878. The maximum atomic E-state index is 12.7. The second-order valence-corrected chi connectivity index (χ2v) is 7.20. The van der Waals surface area contributed by atoms with Crippen molar-refractivity contribution in [3.63, 3.8) is 0 Å². The lowest BCUT2D eigenvalue weighted by molar-refractivity contribution is 0.345. The molecular weight excluding hydrogens is 274 g/mol. The molecular formula is C14H27N3O2S. The summed E-state index contributed by atoms with van der Waals surface area (Å²) in [6.45, 7) is 7.17.